The van der Waals surface area contributed by atoms with Crippen molar-refractivity contribution in [3.05, 3.63) is 113 Å². The molecule has 0 fully saturated rings. The molecule has 166 valence electrons. The van der Waals surface area contributed by atoms with Gasteiger partial charge in [-0.1, -0.05) is 104 Å². The zero-order chi connectivity index (χ0) is 21.5. The molecule has 1 N–H and O–H groups in total. The van der Waals surface area contributed by atoms with Gasteiger partial charge in [0, 0.05) is 28.7 Å². The first-order chi connectivity index (χ1) is 15.3. The van der Waals surface area contributed by atoms with Gasteiger partial charge in [-0.25, -0.2) is 0 Å². The number of fused-ring (bicyclic) bond motifs is 1. The Morgan fingerprint density at radius 3 is 2.34 bits per heavy atom. The third-order valence-corrected chi connectivity index (χ3v) is 6.01. The van der Waals surface area contributed by atoms with Crippen molar-refractivity contribution in [2.75, 3.05) is 0 Å². The maximum atomic E-state index is 6.34. The summed E-state index contributed by atoms with van der Waals surface area (Å²) < 4.78 is 6.29. The fourth-order valence-electron chi connectivity index (χ4n) is 3.99. The molecule has 1 unspecified atom stereocenters. The van der Waals surface area contributed by atoms with E-state index in [-0.39, 0.29) is 12.4 Å². The topological polar surface area (TPSA) is 21.3 Å². The van der Waals surface area contributed by atoms with Crippen molar-refractivity contribution in [2.24, 2.45) is 0 Å². The highest BCUT2D eigenvalue weighted by molar-refractivity contribution is 6.31. The molecule has 4 heteroatoms. The first-order valence-electron chi connectivity index (χ1n) is 10.9. The number of hydrogen-bond acceptors (Lipinski definition) is 2. The van der Waals surface area contributed by atoms with Crippen molar-refractivity contribution in [1.29, 1.82) is 0 Å². The maximum Gasteiger partial charge on any atom is 0.124 e. The fraction of sp³-hybridized carbons (Fsp3) is 0.214. The summed E-state index contributed by atoms with van der Waals surface area (Å²) in [6, 6.07) is 31.5. The van der Waals surface area contributed by atoms with Gasteiger partial charge in [0.05, 0.1) is 0 Å². The molecule has 4 aromatic rings. The van der Waals surface area contributed by atoms with Gasteiger partial charge in [0.2, 0.25) is 0 Å². The Hall–Kier alpha value is -2.52. The van der Waals surface area contributed by atoms with Crippen LogP contribution in [-0.2, 0) is 13.2 Å². The summed E-state index contributed by atoms with van der Waals surface area (Å²) in [6.07, 6.45) is 2.21. The molecule has 0 aliphatic heterocycles. The zero-order valence-electron chi connectivity index (χ0n) is 18.3. The first kappa shape index (κ1) is 24.1. The van der Waals surface area contributed by atoms with Crippen molar-refractivity contribution in [3.8, 4) is 5.75 Å². The molecule has 4 aromatic carbocycles. The van der Waals surface area contributed by atoms with Crippen LogP contribution in [0.25, 0.3) is 10.8 Å². The van der Waals surface area contributed by atoms with Crippen LogP contribution in [-0.4, -0.2) is 0 Å². The molecular formula is C28H29Cl2NO. The molecule has 0 heterocycles. The molecule has 0 bridgehead atoms. The standard InChI is InChI=1S/C28H28ClNO.ClH/c1-2-10-27(22-12-4-3-5-13-22)30-19-25-24-15-8-6-11-21(24)17-18-28(25)31-20-23-14-7-9-16-26(23)29;/h3-9,11-18,27,30H,2,10,19-20H2,1H3;1H. The van der Waals surface area contributed by atoms with Gasteiger partial charge in [-0.3, -0.25) is 0 Å². The summed E-state index contributed by atoms with van der Waals surface area (Å²) in [7, 11) is 0. The summed E-state index contributed by atoms with van der Waals surface area (Å²) in [5, 5.41) is 6.96. The van der Waals surface area contributed by atoms with Crippen LogP contribution in [0.4, 0.5) is 0 Å². The van der Waals surface area contributed by atoms with Crippen LogP contribution >= 0.6 is 24.0 Å². The Balaban J connectivity index is 0.00000289. The van der Waals surface area contributed by atoms with Crippen molar-refractivity contribution >= 4 is 34.8 Å². The van der Waals surface area contributed by atoms with Gasteiger partial charge in [0.1, 0.15) is 12.4 Å². The van der Waals surface area contributed by atoms with E-state index in [2.05, 4.69) is 79.0 Å². The van der Waals surface area contributed by atoms with E-state index in [1.54, 1.807) is 0 Å². The van der Waals surface area contributed by atoms with E-state index in [9.17, 15) is 0 Å². The van der Waals surface area contributed by atoms with Gasteiger partial charge in [-0.15, -0.1) is 12.4 Å². The normalized spacial score (nSPS) is 11.7. The van der Waals surface area contributed by atoms with E-state index in [4.69, 9.17) is 16.3 Å². The second-order valence-electron chi connectivity index (χ2n) is 7.78. The minimum absolute atomic E-state index is 0. The third-order valence-electron chi connectivity index (χ3n) is 5.64. The van der Waals surface area contributed by atoms with Crippen LogP contribution in [0.1, 0.15) is 42.5 Å². The lowest BCUT2D eigenvalue weighted by Gasteiger charge is -2.21. The minimum atomic E-state index is 0. The minimum Gasteiger partial charge on any atom is -0.488 e. The highest BCUT2D eigenvalue weighted by Crippen LogP contribution is 2.30. The first-order valence-corrected chi connectivity index (χ1v) is 11.3. The Labute approximate surface area is 202 Å². The average Bonchev–Trinajstić information content (AvgIpc) is 2.82. The van der Waals surface area contributed by atoms with Gasteiger partial charge in [0.15, 0.2) is 0 Å². The lowest BCUT2D eigenvalue weighted by molar-refractivity contribution is 0.302. The number of benzene rings is 4. The molecule has 2 nitrogen and oxygen atoms in total. The van der Waals surface area contributed by atoms with Crippen LogP contribution in [0.3, 0.4) is 0 Å². The quantitative estimate of drug-likeness (QED) is 0.269. The van der Waals surface area contributed by atoms with Crippen LogP contribution < -0.4 is 10.1 Å². The largest absolute Gasteiger partial charge is 0.488 e. The van der Waals surface area contributed by atoms with E-state index < -0.39 is 0 Å². The van der Waals surface area contributed by atoms with Crippen molar-refractivity contribution in [1.82, 2.24) is 5.32 Å². The summed E-state index contributed by atoms with van der Waals surface area (Å²) >= 11 is 6.34. The van der Waals surface area contributed by atoms with Crippen LogP contribution in [0.5, 0.6) is 5.75 Å². The average molecular weight is 466 g/mol. The number of ether oxygens (including phenoxy) is 1. The van der Waals surface area contributed by atoms with E-state index >= 15 is 0 Å². The molecule has 0 aliphatic carbocycles. The van der Waals surface area contributed by atoms with Crippen molar-refractivity contribution in [2.45, 2.75) is 39.0 Å². The molecule has 0 spiro atoms. The molecule has 0 radical (unpaired) electrons. The summed E-state index contributed by atoms with van der Waals surface area (Å²) in [5.41, 5.74) is 3.50. The van der Waals surface area contributed by atoms with Gasteiger partial charge in [-0.2, -0.15) is 0 Å². The molecule has 0 aromatic heterocycles. The van der Waals surface area contributed by atoms with Gasteiger partial charge in [0.25, 0.3) is 0 Å². The van der Waals surface area contributed by atoms with E-state index in [0.29, 0.717) is 12.6 Å². The highest BCUT2D eigenvalue weighted by atomic mass is 35.5. The number of halogens is 2. The summed E-state index contributed by atoms with van der Waals surface area (Å²) in [4.78, 5) is 0. The maximum absolute atomic E-state index is 6.34. The Morgan fingerprint density at radius 1 is 0.844 bits per heavy atom. The predicted octanol–water partition coefficient (Wildman–Crippen LogP) is 8.13. The lowest BCUT2D eigenvalue weighted by atomic mass is 10.00. The van der Waals surface area contributed by atoms with Gasteiger partial charge >= 0.3 is 0 Å². The third kappa shape index (κ3) is 5.83. The number of nitrogens with one attached hydrogen (secondary N) is 1. The smallest absolute Gasteiger partial charge is 0.124 e. The lowest BCUT2D eigenvalue weighted by Crippen LogP contribution is -2.21. The molecule has 1 atom stereocenters. The molecule has 0 amide bonds. The van der Waals surface area contributed by atoms with Gasteiger partial charge < -0.3 is 10.1 Å². The fourth-order valence-corrected chi connectivity index (χ4v) is 4.18. The molecule has 32 heavy (non-hydrogen) atoms. The monoisotopic (exact) mass is 465 g/mol. The second-order valence-corrected chi connectivity index (χ2v) is 8.18. The molecule has 0 aliphatic rings. The SMILES string of the molecule is CCCC(NCc1c(OCc2ccccc2Cl)ccc2ccccc12)c1ccccc1.Cl. The second kappa shape index (κ2) is 11.9. The predicted molar refractivity (Wildman–Crippen MR) is 138 cm³/mol. The van der Waals surface area contributed by atoms with Crippen molar-refractivity contribution < 1.29 is 4.74 Å². The summed E-state index contributed by atoms with van der Waals surface area (Å²) in [5.74, 6) is 0.898. The van der Waals surface area contributed by atoms with Crippen LogP contribution in [0.15, 0.2) is 91.0 Å². The summed E-state index contributed by atoms with van der Waals surface area (Å²) in [6.45, 7) is 3.41. The highest BCUT2D eigenvalue weighted by Gasteiger charge is 2.14. The molecule has 4 rings (SSSR count). The van der Waals surface area contributed by atoms with Crippen LogP contribution in [0.2, 0.25) is 5.02 Å². The van der Waals surface area contributed by atoms with Crippen molar-refractivity contribution in [3.63, 3.8) is 0 Å². The van der Waals surface area contributed by atoms with Gasteiger partial charge in [-0.05, 0) is 34.9 Å². The molecular weight excluding hydrogens is 437 g/mol. The number of hydrogen-bond donors (Lipinski definition) is 1. The molecule has 0 saturated heterocycles. The molecule has 0 saturated carbocycles. The Kier molecular flexibility index (Phi) is 8.99. The Morgan fingerprint density at radius 2 is 1.56 bits per heavy atom. The van der Waals surface area contributed by atoms with Crippen LogP contribution in [0, 0.1) is 0 Å². The van der Waals surface area contributed by atoms with E-state index in [1.165, 1.54) is 21.9 Å². The zero-order valence-corrected chi connectivity index (χ0v) is 19.8. The number of rotatable bonds is 9. The van der Waals surface area contributed by atoms with E-state index in [0.717, 1.165) is 35.7 Å². The van der Waals surface area contributed by atoms with E-state index in [1.807, 2.05) is 24.3 Å². The Bertz CT molecular complexity index is 1130.